The quantitative estimate of drug-likeness (QED) is 0.438. The van der Waals surface area contributed by atoms with E-state index in [1.54, 1.807) is 50.7 Å². The molecule has 0 aliphatic carbocycles. The third-order valence-electron chi connectivity index (χ3n) is 4.93. The van der Waals surface area contributed by atoms with Crippen LogP contribution in [0.15, 0.2) is 52.8 Å². The average Bonchev–Trinajstić information content (AvgIpc) is 3.17. The van der Waals surface area contributed by atoms with Crippen LogP contribution < -0.4 is 10.3 Å². The zero-order valence-electron chi connectivity index (χ0n) is 16.9. The van der Waals surface area contributed by atoms with Crippen LogP contribution in [0.5, 0.6) is 11.5 Å². The molecule has 4 rings (SSSR count). The van der Waals surface area contributed by atoms with Crippen molar-refractivity contribution in [1.29, 1.82) is 0 Å². The van der Waals surface area contributed by atoms with E-state index in [2.05, 4.69) is 0 Å². The van der Waals surface area contributed by atoms with Crippen LogP contribution in [0.2, 0.25) is 0 Å². The summed E-state index contributed by atoms with van der Waals surface area (Å²) in [6.45, 7) is 3.21. The Labute approximate surface area is 179 Å². The highest BCUT2D eigenvalue weighted by Crippen LogP contribution is 2.41. The van der Waals surface area contributed by atoms with E-state index in [-0.39, 0.29) is 11.3 Å². The van der Waals surface area contributed by atoms with Crippen molar-refractivity contribution in [3.8, 4) is 22.6 Å². The normalized spacial score (nSPS) is 11.8. The summed E-state index contributed by atoms with van der Waals surface area (Å²) in [5, 5.41) is 12.7. The number of thiophene rings is 1. The Balaban J connectivity index is 1.98. The molecule has 0 fully saturated rings. The number of pyridine rings is 1. The van der Waals surface area contributed by atoms with Crippen molar-refractivity contribution < 1.29 is 23.0 Å². The van der Waals surface area contributed by atoms with Gasteiger partial charge in [-0.3, -0.25) is 4.79 Å². The first-order valence-electron chi connectivity index (χ1n) is 9.33. The molecule has 0 saturated carbocycles. The molecule has 0 bridgehead atoms. The first kappa shape index (κ1) is 21.1. The topological polar surface area (TPSA) is 51.5 Å². The molecule has 31 heavy (non-hydrogen) atoms. The summed E-state index contributed by atoms with van der Waals surface area (Å²) in [5.41, 5.74) is 0.168. The van der Waals surface area contributed by atoms with Gasteiger partial charge in [0.15, 0.2) is 17.4 Å². The predicted octanol–water partition coefficient (Wildman–Crippen LogP) is 5.70. The second-order valence-electron chi connectivity index (χ2n) is 7.69. The molecule has 4 nitrogen and oxygen atoms in total. The zero-order valence-corrected chi connectivity index (χ0v) is 17.7. The predicted molar refractivity (Wildman–Crippen MR) is 114 cm³/mol. The van der Waals surface area contributed by atoms with Crippen LogP contribution in [-0.2, 0) is 12.6 Å². The van der Waals surface area contributed by atoms with E-state index >= 15 is 0 Å². The van der Waals surface area contributed by atoms with Crippen LogP contribution in [0.1, 0.15) is 19.4 Å². The van der Waals surface area contributed by atoms with Crippen molar-refractivity contribution in [1.82, 2.24) is 4.57 Å². The highest BCUT2D eigenvalue weighted by molar-refractivity contribution is 7.17. The molecule has 2 aromatic heterocycles. The molecule has 2 aromatic carbocycles. The minimum absolute atomic E-state index is 0.0887. The van der Waals surface area contributed by atoms with Gasteiger partial charge in [-0.15, -0.1) is 11.3 Å². The minimum Gasteiger partial charge on any atom is -0.451 e. The van der Waals surface area contributed by atoms with Gasteiger partial charge >= 0.3 is 0 Å². The Morgan fingerprint density at radius 2 is 1.71 bits per heavy atom. The van der Waals surface area contributed by atoms with Gasteiger partial charge in [0.05, 0.1) is 11.0 Å². The largest absolute Gasteiger partial charge is 0.451 e. The number of halogens is 3. The van der Waals surface area contributed by atoms with Gasteiger partial charge in [-0.05, 0) is 43.0 Å². The van der Waals surface area contributed by atoms with E-state index in [1.165, 1.54) is 22.0 Å². The van der Waals surface area contributed by atoms with Crippen LogP contribution in [0.3, 0.4) is 0 Å². The molecule has 0 aliphatic rings. The van der Waals surface area contributed by atoms with Gasteiger partial charge in [-0.1, -0.05) is 6.07 Å². The van der Waals surface area contributed by atoms with Crippen LogP contribution in [0, 0.1) is 17.5 Å². The van der Waals surface area contributed by atoms with E-state index in [1.807, 2.05) is 0 Å². The van der Waals surface area contributed by atoms with Crippen LogP contribution in [-0.4, -0.2) is 9.67 Å². The minimum atomic E-state index is -1.20. The van der Waals surface area contributed by atoms with Crippen molar-refractivity contribution in [2.75, 3.05) is 0 Å². The lowest BCUT2D eigenvalue weighted by Crippen LogP contribution is -2.17. The van der Waals surface area contributed by atoms with Gasteiger partial charge in [0.2, 0.25) is 0 Å². The third-order valence-corrected chi connectivity index (χ3v) is 5.88. The lowest BCUT2D eigenvalue weighted by Gasteiger charge is -2.21. The molecule has 0 aliphatic heterocycles. The maximum atomic E-state index is 14.2. The SMILES string of the molecule is Cn1cc(-c2cc(C(C)(C)O)ccc2Oc2c(F)cc(F)cc2F)c2sccc2c1=O. The van der Waals surface area contributed by atoms with Crippen LogP contribution >= 0.6 is 11.3 Å². The second-order valence-corrected chi connectivity index (χ2v) is 8.61. The summed E-state index contributed by atoms with van der Waals surface area (Å²) in [5.74, 6) is -4.08. The van der Waals surface area contributed by atoms with Crippen LogP contribution in [0.25, 0.3) is 21.2 Å². The Morgan fingerprint density at radius 1 is 1.03 bits per heavy atom. The van der Waals surface area contributed by atoms with Gasteiger partial charge in [-0.25, -0.2) is 13.2 Å². The number of benzene rings is 2. The Morgan fingerprint density at radius 3 is 2.35 bits per heavy atom. The maximum absolute atomic E-state index is 14.2. The molecule has 0 radical (unpaired) electrons. The number of nitrogens with zero attached hydrogens (tertiary/aromatic N) is 1. The lowest BCUT2D eigenvalue weighted by molar-refractivity contribution is 0.0786. The van der Waals surface area contributed by atoms with Gasteiger partial charge in [-0.2, -0.15) is 0 Å². The lowest BCUT2D eigenvalue weighted by atomic mass is 9.94. The van der Waals surface area contributed by atoms with E-state index in [4.69, 9.17) is 4.74 Å². The van der Waals surface area contributed by atoms with Gasteiger partial charge in [0.25, 0.3) is 5.56 Å². The monoisotopic (exact) mass is 445 g/mol. The molecule has 8 heteroatoms. The van der Waals surface area contributed by atoms with Crippen molar-refractivity contribution in [2.24, 2.45) is 7.05 Å². The Bertz CT molecular complexity index is 1350. The Kier molecular flexibility index (Phi) is 5.15. The number of ether oxygens (including phenoxy) is 1. The first-order chi connectivity index (χ1) is 14.6. The summed E-state index contributed by atoms with van der Waals surface area (Å²) < 4.78 is 49.4. The first-order valence-corrected chi connectivity index (χ1v) is 10.2. The molecule has 1 N–H and O–H groups in total. The molecule has 0 amide bonds. The van der Waals surface area contributed by atoms with Gasteiger partial charge in [0, 0.05) is 41.2 Å². The summed E-state index contributed by atoms with van der Waals surface area (Å²) in [4.78, 5) is 12.5. The fourth-order valence-electron chi connectivity index (χ4n) is 3.33. The number of rotatable bonds is 4. The molecular formula is C23H18F3NO3S. The molecule has 0 unspecified atom stereocenters. The number of hydrogen-bond donors (Lipinski definition) is 1. The highest BCUT2D eigenvalue weighted by Gasteiger charge is 2.23. The molecule has 0 atom stereocenters. The van der Waals surface area contributed by atoms with Gasteiger partial charge < -0.3 is 14.4 Å². The average molecular weight is 445 g/mol. The van der Waals surface area contributed by atoms with Crippen molar-refractivity contribution in [3.05, 3.63) is 81.3 Å². The summed E-state index contributed by atoms with van der Waals surface area (Å²) in [6, 6.07) is 7.47. The molecular weight excluding hydrogens is 427 g/mol. The molecule has 4 aromatic rings. The fourth-order valence-corrected chi connectivity index (χ4v) is 4.24. The van der Waals surface area contributed by atoms with Crippen molar-refractivity contribution >= 4 is 21.4 Å². The van der Waals surface area contributed by atoms with E-state index in [9.17, 15) is 23.1 Å². The van der Waals surface area contributed by atoms with Gasteiger partial charge in [0.1, 0.15) is 11.6 Å². The number of aliphatic hydroxyl groups is 1. The van der Waals surface area contributed by atoms with Crippen molar-refractivity contribution in [3.63, 3.8) is 0 Å². The molecule has 160 valence electrons. The Hall–Kier alpha value is -3.10. The zero-order chi connectivity index (χ0) is 22.5. The van der Waals surface area contributed by atoms with Crippen molar-refractivity contribution in [2.45, 2.75) is 19.4 Å². The number of hydrogen-bond acceptors (Lipinski definition) is 4. The highest BCUT2D eigenvalue weighted by atomic mass is 32.1. The maximum Gasteiger partial charge on any atom is 0.259 e. The van der Waals surface area contributed by atoms with Crippen LogP contribution in [0.4, 0.5) is 13.2 Å². The number of fused-ring (bicyclic) bond motifs is 1. The standard InChI is InChI=1S/C23H18F3NO3S/c1-23(2,29)12-4-5-19(30-20-17(25)9-13(24)10-18(20)26)15(8-12)16-11-27(3)22(28)14-6-7-31-21(14)16/h4-11,29H,1-3H3. The number of aromatic nitrogens is 1. The third kappa shape index (κ3) is 3.84. The summed E-state index contributed by atoms with van der Waals surface area (Å²) >= 11 is 1.34. The molecule has 0 spiro atoms. The van der Waals surface area contributed by atoms with E-state index in [0.717, 1.165) is 0 Å². The smallest absolute Gasteiger partial charge is 0.259 e. The summed E-state index contributed by atoms with van der Waals surface area (Å²) in [6.07, 6.45) is 1.61. The fraction of sp³-hybridized carbons (Fsp3) is 0.174. The number of aryl methyl sites for hydroxylation is 1. The van der Waals surface area contributed by atoms with E-state index < -0.39 is 28.8 Å². The molecule has 0 saturated heterocycles. The summed E-state index contributed by atoms with van der Waals surface area (Å²) in [7, 11) is 1.60. The second kappa shape index (κ2) is 7.55. The molecule has 2 heterocycles. The van der Waals surface area contributed by atoms with E-state index in [0.29, 0.717) is 38.9 Å².